The Balaban J connectivity index is 1.51. The van der Waals surface area contributed by atoms with Gasteiger partial charge in [-0.25, -0.2) is 4.79 Å². The van der Waals surface area contributed by atoms with Gasteiger partial charge in [-0.1, -0.05) is 32.9 Å². The van der Waals surface area contributed by atoms with E-state index in [-0.39, 0.29) is 39.9 Å². The summed E-state index contributed by atoms with van der Waals surface area (Å²) in [7, 11) is 0. The molecule has 0 aromatic heterocycles. The Labute approximate surface area is 262 Å². The number of nitrogens with one attached hydrogen (secondary N) is 1. The van der Waals surface area contributed by atoms with Crippen LogP contribution >= 0.6 is 11.8 Å². The van der Waals surface area contributed by atoms with Crippen LogP contribution in [0.25, 0.3) is 0 Å². The van der Waals surface area contributed by atoms with Crippen molar-refractivity contribution in [3.63, 3.8) is 0 Å². The number of rotatable bonds is 8. The number of aliphatic hydroxyl groups excluding tert-OH is 1. The van der Waals surface area contributed by atoms with Crippen molar-refractivity contribution >= 4 is 29.6 Å². The van der Waals surface area contributed by atoms with Gasteiger partial charge in [-0.15, -0.1) is 0 Å². The van der Waals surface area contributed by atoms with Crippen LogP contribution in [0.4, 0.5) is 0 Å². The zero-order valence-corrected chi connectivity index (χ0v) is 28.0. The highest BCUT2D eigenvalue weighted by Gasteiger charge is 2.73. The van der Waals surface area contributed by atoms with Crippen LogP contribution in [0.15, 0.2) is 12.2 Å². The Morgan fingerprint density at radius 1 is 0.907 bits per heavy atom. The second-order valence-electron chi connectivity index (χ2n) is 16.1. The lowest BCUT2D eigenvalue weighted by atomic mass is 9.32. The fourth-order valence-corrected chi connectivity index (χ4v) is 12.8. The van der Waals surface area contributed by atoms with Crippen LogP contribution in [0.5, 0.6) is 0 Å². The molecular weight excluding hydrogens is 562 g/mol. The van der Waals surface area contributed by atoms with Gasteiger partial charge in [0.1, 0.15) is 6.04 Å². The second-order valence-corrected chi connectivity index (χ2v) is 17.1. The molecule has 5 aliphatic carbocycles. The van der Waals surface area contributed by atoms with Crippen LogP contribution in [0, 0.1) is 56.7 Å². The number of aliphatic carboxylic acids is 2. The van der Waals surface area contributed by atoms with Crippen LogP contribution in [0.3, 0.4) is 0 Å². The Bertz CT molecular complexity index is 1170. The fraction of sp³-hybridized carbons (Fsp3) is 0.857. The lowest BCUT2D eigenvalue weighted by Gasteiger charge is -2.72. The van der Waals surface area contributed by atoms with Gasteiger partial charge < -0.3 is 20.6 Å². The molecule has 0 aromatic carbocycles. The number of carbonyl (C=O) groups is 3. The molecule has 5 rings (SSSR count). The molecule has 0 unspecified atom stereocenters. The Kier molecular flexibility index (Phi) is 8.45. The summed E-state index contributed by atoms with van der Waals surface area (Å²) < 4.78 is 0. The minimum absolute atomic E-state index is 0.0182. The first-order valence-electron chi connectivity index (χ1n) is 16.6. The van der Waals surface area contributed by atoms with Crippen molar-refractivity contribution in [3.05, 3.63) is 12.2 Å². The monoisotopic (exact) mass is 617 g/mol. The highest BCUT2D eigenvalue weighted by molar-refractivity contribution is 7.98. The van der Waals surface area contributed by atoms with Gasteiger partial charge in [0, 0.05) is 0 Å². The van der Waals surface area contributed by atoms with Crippen molar-refractivity contribution in [2.75, 3.05) is 12.0 Å². The number of carboxylic acids is 2. The summed E-state index contributed by atoms with van der Waals surface area (Å²) in [5, 5.41) is 34.3. The Morgan fingerprint density at radius 2 is 1.60 bits per heavy atom. The molecular formula is C35H55NO6S. The van der Waals surface area contributed by atoms with Crippen molar-refractivity contribution in [2.45, 2.75) is 117 Å². The summed E-state index contributed by atoms with van der Waals surface area (Å²) in [5.41, 5.74) is -0.814. The molecule has 0 bridgehead atoms. The summed E-state index contributed by atoms with van der Waals surface area (Å²) >= 11 is 1.59. The molecule has 0 saturated heterocycles. The maximum Gasteiger partial charge on any atom is 0.326 e. The quantitative estimate of drug-likeness (QED) is 0.233. The molecule has 12 atom stereocenters. The van der Waals surface area contributed by atoms with E-state index in [1.54, 1.807) is 18.7 Å². The molecule has 242 valence electrons. The molecule has 5 fully saturated rings. The third-order valence-electron chi connectivity index (χ3n) is 14.8. The van der Waals surface area contributed by atoms with E-state index in [1.165, 1.54) is 0 Å². The SMILES string of the molecule is C=C(C)[C@@H]1CC[C@]2(C(=O)N[C@@H](CCSC)C(=O)O)CC[C@]3(C)[C@H](CC[C@@H]4[C@@]5(C)CC[C@@H](O)[C@@](C)(C(=O)O)[C@@H]5CC[C@]43C)[C@@H]12. The van der Waals surface area contributed by atoms with Gasteiger partial charge in [0.25, 0.3) is 0 Å². The summed E-state index contributed by atoms with van der Waals surface area (Å²) in [6.07, 6.45) is 9.98. The van der Waals surface area contributed by atoms with Crippen molar-refractivity contribution in [1.82, 2.24) is 5.32 Å². The average Bonchev–Trinajstić information content (AvgIpc) is 3.34. The number of aliphatic hydroxyl groups is 1. The summed E-state index contributed by atoms with van der Waals surface area (Å²) in [6, 6.07) is -0.874. The molecule has 0 aliphatic heterocycles. The average molecular weight is 618 g/mol. The third kappa shape index (κ3) is 4.49. The van der Waals surface area contributed by atoms with E-state index in [9.17, 15) is 29.7 Å². The fourth-order valence-electron chi connectivity index (χ4n) is 12.3. The minimum Gasteiger partial charge on any atom is -0.481 e. The normalized spacial score (nSPS) is 47.7. The van der Waals surface area contributed by atoms with Crippen LogP contribution in [-0.4, -0.2) is 57.3 Å². The van der Waals surface area contributed by atoms with Gasteiger partial charge in [-0.3, -0.25) is 9.59 Å². The van der Waals surface area contributed by atoms with Crippen LogP contribution in [0.1, 0.15) is 105 Å². The van der Waals surface area contributed by atoms with E-state index >= 15 is 0 Å². The number of fused-ring (bicyclic) bond motifs is 7. The van der Waals surface area contributed by atoms with Crippen molar-refractivity contribution in [3.8, 4) is 0 Å². The van der Waals surface area contributed by atoms with Gasteiger partial charge in [0.2, 0.25) is 5.91 Å². The van der Waals surface area contributed by atoms with E-state index in [0.29, 0.717) is 30.4 Å². The van der Waals surface area contributed by atoms with Crippen LogP contribution < -0.4 is 5.32 Å². The molecule has 5 saturated carbocycles. The molecule has 5 aliphatic rings. The highest BCUT2D eigenvalue weighted by Crippen LogP contribution is 2.77. The summed E-state index contributed by atoms with van der Waals surface area (Å²) in [4.78, 5) is 39.1. The van der Waals surface area contributed by atoms with Crippen molar-refractivity contribution in [1.29, 1.82) is 0 Å². The second kappa shape index (κ2) is 11.1. The smallest absolute Gasteiger partial charge is 0.326 e. The number of amides is 1. The predicted molar refractivity (Wildman–Crippen MR) is 170 cm³/mol. The van der Waals surface area contributed by atoms with Gasteiger partial charge in [-0.05, 0) is 142 Å². The van der Waals surface area contributed by atoms with E-state index in [1.807, 2.05) is 6.26 Å². The number of carbonyl (C=O) groups excluding carboxylic acids is 1. The molecule has 43 heavy (non-hydrogen) atoms. The molecule has 4 N–H and O–H groups in total. The maximum absolute atomic E-state index is 14.3. The van der Waals surface area contributed by atoms with Crippen LogP contribution in [-0.2, 0) is 14.4 Å². The molecule has 0 spiro atoms. The lowest BCUT2D eigenvalue weighted by Crippen LogP contribution is -2.68. The predicted octanol–water partition coefficient (Wildman–Crippen LogP) is 6.39. The molecule has 8 heteroatoms. The summed E-state index contributed by atoms with van der Waals surface area (Å²) in [5.74, 6) is -0.283. The van der Waals surface area contributed by atoms with E-state index in [4.69, 9.17) is 0 Å². The lowest BCUT2D eigenvalue weighted by molar-refractivity contribution is -0.249. The number of hydrogen-bond acceptors (Lipinski definition) is 5. The molecule has 0 aromatic rings. The maximum atomic E-state index is 14.3. The molecule has 0 heterocycles. The van der Waals surface area contributed by atoms with E-state index in [2.05, 4.69) is 39.6 Å². The first-order valence-corrected chi connectivity index (χ1v) is 18.0. The zero-order chi connectivity index (χ0) is 31.8. The standard InChI is InChI=1S/C35H55NO6S/c1-20(2)21-10-16-35(29(40)36-23(28(38)39)13-19-43-7)18-17-32(4)22(27(21)35)8-9-24-31(3)14-12-26(37)34(6,30(41)42)25(31)11-15-33(24,32)5/h21-27,37H,1,8-19H2,2-7H3,(H,36,40)(H,38,39)(H,41,42)/t21-,22+,23-,24+,25+,26+,27+,31+,32+,33+,34-,35-/m0/s1. The van der Waals surface area contributed by atoms with Crippen LogP contribution in [0.2, 0.25) is 0 Å². The first-order chi connectivity index (χ1) is 20.0. The molecule has 0 radical (unpaired) electrons. The number of carboxylic acid groups (broad SMARTS) is 2. The van der Waals surface area contributed by atoms with Crippen molar-refractivity contribution in [2.24, 2.45) is 56.7 Å². The first kappa shape index (κ1) is 32.8. The van der Waals surface area contributed by atoms with Gasteiger partial charge >= 0.3 is 11.9 Å². The zero-order valence-electron chi connectivity index (χ0n) is 27.2. The minimum atomic E-state index is -1.14. The largest absolute Gasteiger partial charge is 0.481 e. The van der Waals surface area contributed by atoms with Gasteiger partial charge in [0.15, 0.2) is 0 Å². The number of hydrogen-bond donors (Lipinski definition) is 4. The summed E-state index contributed by atoms with van der Waals surface area (Å²) in [6.45, 7) is 15.5. The topological polar surface area (TPSA) is 124 Å². The third-order valence-corrected chi connectivity index (χ3v) is 15.5. The molecule has 1 amide bonds. The Morgan fingerprint density at radius 3 is 2.21 bits per heavy atom. The van der Waals surface area contributed by atoms with Gasteiger partial charge in [0.05, 0.1) is 16.9 Å². The van der Waals surface area contributed by atoms with E-state index in [0.717, 1.165) is 63.4 Å². The van der Waals surface area contributed by atoms with Gasteiger partial charge in [-0.2, -0.15) is 11.8 Å². The van der Waals surface area contributed by atoms with E-state index < -0.39 is 34.9 Å². The van der Waals surface area contributed by atoms with Crippen molar-refractivity contribution < 1.29 is 29.7 Å². The number of thioether (sulfide) groups is 1. The number of allylic oxidation sites excluding steroid dienone is 1. The molecule has 7 nitrogen and oxygen atoms in total. The Hall–Kier alpha value is -1.54. The highest BCUT2D eigenvalue weighted by atomic mass is 32.2.